The quantitative estimate of drug-likeness (QED) is 0.755. The number of carbonyl (C=O) groups excluding carboxylic acids is 1. The molecule has 6 nitrogen and oxygen atoms in total. The molecule has 0 aliphatic rings. The summed E-state index contributed by atoms with van der Waals surface area (Å²) in [6.07, 6.45) is 7.07. The van der Waals surface area contributed by atoms with Crippen molar-refractivity contribution in [2.75, 3.05) is 12.4 Å². The third kappa shape index (κ3) is 3.82. The summed E-state index contributed by atoms with van der Waals surface area (Å²) in [4.78, 5) is 21.6. The Kier molecular flexibility index (Phi) is 4.80. The molecule has 7 heteroatoms. The van der Waals surface area contributed by atoms with E-state index in [2.05, 4.69) is 15.3 Å². The van der Waals surface area contributed by atoms with E-state index in [1.807, 2.05) is 29.0 Å². The van der Waals surface area contributed by atoms with Gasteiger partial charge in [-0.25, -0.2) is 4.98 Å². The Hall–Kier alpha value is -2.51. The van der Waals surface area contributed by atoms with Gasteiger partial charge in [-0.15, -0.1) is 0 Å². The molecule has 0 saturated heterocycles. The van der Waals surface area contributed by atoms with E-state index in [0.29, 0.717) is 24.0 Å². The lowest BCUT2D eigenvalue weighted by Crippen LogP contribution is -2.17. The topological polar surface area (TPSA) is 69.0 Å². The summed E-state index contributed by atoms with van der Waals surface area (Å²) in [6.45, 7) is 1.11. The van der Waals surface area contributed by atoms with Crippen LogP contribution >= 0.6 is 11.3 Å². The number of hydrogen-bond donors (Lipinski definition) is 1. The summed E-state index contributed by atoms with van der Waals surface area (Å²) < 4.78 is 6.95. The minimum Gasteiger partial charge on any atom is -0.379 e. The molecular formula is C16H16N4O2S. The van der Waals surface area contributed by atoms with Gasteiger partial charge in [0.1, 0.15) is 5.69 Å². The minimum absolute atomic E-state index is 0.178. The number of carbonyl (C=O) groups is 1. The summed E-state index contributed by atoms with van der Waals surface area (Å²) >= 11 is 1.41. The molecule has 0 bridgehead atoms. The highest BCUT2D eigenvalue weighted by molar-refractivity contribution is 7.15. The van der Waals surface area contributed by atoms with E-state index >= 15 is 0 Å². The average Bonchev–Trinajstić information content (AvgIpc) is 3.18. The predicted octanol–water partition coefficient (Wildman–Crippen LogP) is 2.79. The van der Waals surface area contributed by atoms with Gasteiger partial charge in [0.05, 0.1) is 11.5 Å². The number of anilines is 1. The summed E-state index contributed by atoms with van der Waals surface area (Å²) in [7, 11) is 1.63. The van der Waals surface area contributed by atoms with Crippen LogP contribution in [0.4, 0.5) is 5.13 Å². The lowest BCUT2D eigenvalue weighted by Gasteiger charge is -2.08. The highest BCUT2D eigenvalue weighted by atomic mass is 32.1. The highest BCUT2D eigenvalue weighted by Crippen LogP contribution is 2.19. The lowest BCUT2D eigenvalue weighted by molar-refractivity contribution is 0.101. The number of thiazole rings is 1. The number of ether oxygens (including phenoxy) is 1. The van der Waals surface area contributed by atoms with Crippen molar-refractivity contribution in [1.82, 2.24) is 14.5 Å². The van der Waals surface area contributed by atoms with Crippen molar-refractivity contribution < 1.29 is 9.53 Å². The van der Waals surface area contributed by atoms with Crippen molar-refractivity contribution in [3.63, 3.8) is 0 Å². The largest absolute Gasteiger partial charge is 0.379 e. The molecule has 0 aliphatic heterocycles. The molecule has 3 rings (SSSR count). The molecule has 3 aromatic heterocycles. The monoisotopic (exact) mass is 328 g/mol. The standard InChI is InChI=1S/C16H16N4O2S/c1-22-11-13-9-18-16(23-13)19-15(21)14-3-2-8-20(14)10-12-4-6-17-7-5-12/h2-9H,10-11H2,1H3,(H,18,19,21). The molecular weight excluding hydrogens is 312 g/mol. The highest BCUT2D eigenvalue weighted by Gasteiger charge is 2.13. The summed E-state index contributed by atoms with van der Waals surface area (Å²) in [5.41, 5.74) is 1.67. The van der Waals surface area contributed by atoms with Crippen LogP contribution < -0.4 is 5.32 Å². The maximum Gasteiger partial charge on any atom is 0.274 e. The summed E-state index contributed by atoms with van der Waals surface area (Å²) in [5.74, 6) is -0.178. The maximum absolute atomic E-state index is 12.4. The zero-order valence-corrected chi connectivity index (χ0v) is 13.4. The molecule has 0 unspecified atom stereocenters. The second-order valence-electron chi connectivity index (χ2n) is 4.90. The molecule has 0 radical (unpaired) electrons. The van der Waals surface area contributed by atoms with Crippen molar-refractivity contribution in [3.05, 3.63) is 65.2 Å². The Morgan fingerprint density at radius 2 is 2.17 bits per heavy atom. The average molecular weight is 328 g/mol. The van der Waals surface area contributed by atoms with Crippen LogP contribution in [0.5, 0.6) is 0 Å². The molecule has 23 heavy (non-hydrogen) atoms. The van der Waals surface area contributed by atoms with Crippen LogP contribution in [0.3, 0.4) is 0 Å². The van der Waals surface area contributed by atoms with Gasteiger partial charge in [0.25, 0.3) is 5.91 Å². The minimum atomic E-state index is -0.178. The van der Waals surface area contributed by atoms with Crippen molar-refractivity contribution in [3.8, 4) is 0 Å². The first-order chi connectivity index (χ1) is 11.3. The Morgan fingerprint density at radius 1 is 1.35 bits per heavy atom. The lowest BCUT2D eigenvalue weighted by atomic mass is 10.2. The molecule has 0 aromatic carbocycles. The third-order valence-corrected chi connectivity index (χ3v) is 4.11. The van der Waals surface area contributed by atoms with Crippen LogP contribution in [-0.4, -0.2) is 27.6 Å². The first-order valence-corrected chi connectivity index (χ1v) is 7.87. The van der Waals surface area contributed by atoms with E-state index < -0.39 is 0 Å². The number of pyridine rings is 1. The molecule has 1 amide bonds. The number of nitrogens with one attached hydrogen (secondary N) is 1. The Balaban J connectivity index is 1.71. The fourth-order valence-corrected chi connectivity index (χ4v) is 2.96. The van der Waals surface area contributed by atoms with E-state index in [4.69, 9.17) is 4.74 Å². The van der Waals surface area contributed by atoms with Gasteiger partial charge in [-0.2, -0.15) is 0 Å². The van der Waals surface area contributed by atoms with E-state index in [0.717, 1.165) is 10.4 Å². The second kappa shape index (κ2) is 7.17. The first kappa shape index (κ1) is 15.4. The predicted molar refractivity (Wildman–Crippen MR) is 88.6 cm³/mol. The van der Waals surface area contributed by atoms with Gasteiger partial charge in [-0.3, -0.25) is 15.1 Å². The van der Waals surface area contributed by atoms with Crippen LogP contribution in [0.1, 0.15) is 20.9 Å². The molecule has 1 N–H and O–H groups in total. The van der Waals surface area contributed by atoms with Gasteiger partial charge in [0.15, 0.2) is 5.13 Å². The molecule has 0 spiro atoms. The number of methoxy groups -OCH3 is 1. The second-order valence-corrected chi connectivity index (χ2v) is 6.01. The van der Waals surface area contributed by atoms with Crippen LogP contribution in [0, 0.1) is 0 Å². The summed E-state index contributed by atoms with van der Waals surface area (Å²) in [5, 5.41) is 3.40. The SMILES string of the molecule is COCc1cnc(NC(=O)c2cccn2Cc2ccncc2)s1. The Morgan fingerprint density at radius 3 is 2.96 bits per heavy atom. The van der Waals surface area contributed by atoms with Gasteiger partial charge >= 0.3 is 0 Å². The van der Waals surface area contributed by atoms with Crippen molar-refractivity contribution in [2.24, 2.45) is 0 Å². The third-order valence-electron chi connectivity index (χ3n) is 3.23. The molecule has 0 aliphatic carbocycles. The van der Waals surface area contributed by atoms with Crippen molar-refractivity contribution >= 4 is 22.4 Å². The van der Waals surface area contributed by atoms with Crippen LogP contribution in [0.2, 0.25) is 0 Å². The normalized spacial score (nSPS) is 10.7. The number of rotatable bonds is 6. The fourth-order valence-electron chi connectivity index (χ4n) is 2.18. The van der Waals surface area contributed by atoms with Gasteiger partial charge in [0.2, 0.25) is 0 Å². The van der Waals surface area contributed by atoms with Gasteiger partial charge < -0.3 is 9.30 Å². The molecule has 0 saturated carbocycles. The van der Waals surface area contributed by atoms with E-state index in [1.54, 1.807) is 31.8 Å². The fraction of sp³-hybridized carbons (Fsp3) is 0.188. The van der Waals surface area contributed by atoms with Gasteiger partial charge in [-0.1, -0.05) is 11.3 Å². The van der Waals surface area contributed by atoms with Gasteiger partial charge in [-0.05, 0) is 29.8 Å². The van der Waals surface area contributed by atoms with E-state index in [9.17, 15) is 4.79 Å². The molecule has 118 valence electrons. The zero-order chi connectivity index (χ0) is 16.1. The maximum atomic E-state index is 12.4. The molecule has 0 atom stereocenters. The van der Waals surface area contributed by atoms with Crippen molar-refractivity contribution in [1.29, 1.82) is 0 Å². The van der Waals surface area contributed by atoms with Crippen molar-refractivity contribution in [2.45, 2.75) is 13.2 Å². The molecule has 0 fully saturated rings. The Bertz CT molecular complexity index is 782. The number of amides is 1. The zero-order valence-electron chi connectivity index (χ0n) is 12.6. The van der Waals surface area contributed by atoms with Crippen LogP contribution in [-0.2, 0) is 17.9 Å². The Labute approximate surface area is 137 Å². The molecule has 3 heterocycles. The van der Waals surface area contributed by atoms with E-state index in [-0.39, 0.29) is 5.91 Å². The molecule has 3 aromatic rings. The van der Waals surface area contributed by atoms with Gasteiger partial charge in [0, 0.05) is 38.4 Å². The van der Waals surface area contributed by atoms with E-state index in [1.165, 1.54) is 11.3 Å². The van der Waals surface area contributed by atoms with Crippen LogP contribution in [0.25, 0.3) is 0 Å². The number of aromatic nitrogens is 3. The summed E-state index contributed by atoms with van der Waals surface area (Å²) in [6, 6.07) is 7.51. The van der Waals surface area contributed by atoms with Crippen LogP contribution in [0.15, 0.2) is 49.1 Å². The smallest absolute Gasteiger partial charge is 0.274 e. The number of nitrogens with zero attached hydrogens (tertiary/aromatic N) is 3. The first-order valence-electron chi connectivity index (χ1n) is 7.05. The number of hydrogen-bond acceptors (Lipinski definition) is 5.